The Labute approximate surface area is 135 Å². The van der Waals surface area contributed by atoms with Gasteiger partial charge in [0, 0.05) is 12.2 Å². The minimum absolute atomic E-state index is 0.0622. The van der Waals surface area contributed by atoms with E-state index >= 15 is 0 Å². The third-order valence-corrected chi connectivity index (χ3v) is 6.30. The molecule has 2 fully saturated rings. The lowest BCUT2D eigenvalue weighted by Gasteiger charge is -2.29. The normalized spacial score (nSPS) is 27.2. The zero-order valence-corrected chi connectivity index (χ0v) is 14.3. The fourth-order valence-corrected chi connectivity index (χ4v) is 4.66. The molecule has 1 aromatic carbocycles. The van der Waals surface area contributed by atoms with E-state index in [0.717, 1.165) is 23.1 Å². The molecule has 1 amide bonds. The van der Waals surface area contributed by atoms with Crippen LogP contribution in [-0.4, -0.2) is 33.4 Å². The van der Waals surface area contributed by atoms with Crippen LogP contribution in [0.25, 0.3) is 0 Å². The van der Waals surface area contributed by atoms with Crippen molar-refractivity contribution in [1.82, 2.24) is 4.90 Å². The van der Waals surface area contributed by atoms with Gasteiger partial charge in [0.15, 0.2) is 0 Å². The Kier molecular flexibility index (Phi) is 3.71. The van der Waals surface area contributed by atoms with E-state index in [4.69, 9.17) is 4.74 Å². The van der Waals surface area contributed by atoms with E-state index in [2.05, 4.69) is 0 Å². The van der Waals surface area contributed by atoms with Gasteiger partial charge < -0.3 is 9.64 Å². The van der Waals surface area contributed by atoms with Gasteiger partial charge in [0.1, 0.15) is 11.8 Å². The highest BCUT2D eigenvalue weighted by Gasteiger charge is 2.53. The van der Waals surface area contributed by atoms with E-state index in [9.17, 15) is 9.59 Å². The van der Waals surface area contributed by atoms with Gasteiger partial charge in [-0.25, -0.2) is 4.79 Å². The van der Waals surface area contributed by atoms with Gasteiger partial charge in [-0.3, -0.25) is 4.79 Å². The van der Waals surface area contributed by atoms with E-state index < -0.39 is 6.04 Å². The molecule has 118 valence electrons. The van der Waals surface area contributed by atoms with Crippen molar-refractivity contribution in [3.63, 3.8) is 0 Å². The molecule has 2 heterocycles. The van der Waals surface area contributed by atoms with Crippen LogP contribution in [0.3, 0.4) is 0 Å². The summed E-state index contributed by atoms with van der Waals surface area (Å²) in [5.41, 5.74) is 3.02. The van der Waals surface area contributed by atoms with Crippen molar-refractivity contribution in [3.05, 3.63) is 28.8 Å². The third-order valence-electron chi connectivity index (χ3n) is 4.79. The highest BCUT2D eigenvalue weighted by Crippen LogP contribution is 2.47. The van der Waals surface area contributed by atoms with Crippen LogP contribution in [0, 0.1) is 20.8 Å². The van der Waals surface area contributed by atoms with Crippen molar-refractivity contribution in [2.45, 2.75) is 51.4 Å². The second-order valence-corrected chi connectivity index (χ2v) is 7.84. The SMILES string of the molecule is Cc1ccc(C)c(OC(=O)[C@H]2CS[C@]3(C)CCC(=O)N23)c1C. The van der Waals surface area contributed by atoms with Gasteiger partial charge in [-0.15, -0.1) is 11.8 Å². The number of benzene rings is 1. The van der Waals surface area contributed by atoms with Crippen LogP contribution in [0.4, 0.5) is 0 Å². The van der Waals surface area contributed by atoms with Gasteiger partial charge in [0.05, 0.1) is 4.87 Å². The molecule has 0 N–H and O–H groups in total. The molecule has 3 rings (SSSR count). The molecule has 0 unspecified atom stereocenters. The number of ether oxygens (including phenoxy) is 1. The quantitative estimate of drug-likeness (QED) is 0.621. The number of esters is 1. The Bertz CT molecular complexity index is 658. The summed E-state index contributed by atoms with van der Waals surface area (Å²) >= 11 is 1.68. The van der Waals surface area contributed by atoms with Gasteiger partial charge in [0.25, 0.3) is 0 Å². The molecule has 22 heavy (non-hydrogen) atoms. The summed E-state index contributed by atoms with van der Waals surface area (Å²) in [6.45, 7) is 7.93. The average molecular weight is 319 g/mol. The zero-order chi connectivity index (χ0) is 16.1. The second kappa shape index (κ2) is 5.30. The second-order valence-electron chi connectivity index (χ2n) is 6.34. The first-order valence-corrected chi connectivity index (χ1v) is 8.57. The smallest absolute Gasteiger partial charge is 0.335 e. The number of hydrogen-bond acceptors (Lipinski definition) is 4. The number of carbonyl (C=O) groups is 2. The maximum atomic E-state index is 12.6. The topological polar surface area (TPSA) is 46.6 Å². The number of thioether (sulfide) groups is 1. The summed E-state index contributed by atoms with van der Waals surface area (Å²) in [7, 11) is 0. The lowest BCUT2D eigenvalue weighted by molar-refractivity contribution is -0.146. The Morgan fingerprint density at radius 3 is 2.73 bits per heavy atom. The Morgan fingerprint density at radius 2 is 2.00 bits per heavy atom. The summed E-state index contributed by atoms with van der Waals surface area (Å²) in [6, 6.07) is 3.51. The molecule has 2 saturated heterocycles. The molecule has 0 saturated carbocycles. The summed E-state index contributed by atoms with van der Waals surface area (Å²) < 4.78 is 5.70. The molecule has 2 aliphatic rings. The number of amides is 1. The van der Waals surface area contributed by atoms with Crippen LogP contribution in [-0.2, 0) is 9.59 Å². The first kappa shape index (κ1) is 15.4. The first-order chi connectivity index (χ1) is 10.3. The number of carbonyl (C=O) groups excluding carboxylic acids is 2. The molecule has 1 aromatic rings. The van der Waals surface area contributed by atoms with Crippen LogP contribution in [0.5, 0.6) is 5.75 Å². The number of hydrogen-bond donors (Lipinski definition) is 0. The highest BCUT2D eigenvalue weighted by molar-refractivity contribution is 8.01. The first-order valence-electron chi connectivity index (χ1n) is 7.58. The number of rotatable bonds is 2. The van der Waals surface area contributed by atoms with Crippen molar-refractivity contribution in [2.24, 2.45) is 0 Å². The predicted octanol–water partition coefficient (Wildman–Crippen LogP) is 2.97. The molecule has 0 bridgehead atoms. The van der Waals surface area contributed by atoms with E-state index in [1.807, 2.05) is 39.8 Å². The molecule has 2 atom stereocenters. The van der Waals surface area contributed by atoms with E-state index in [0.29, 0.717) is 17.9 Å². The number of nitrogens with zero attached hydrogens (tertiary/aromatic N) is 1. The molecular formula is C17H21NO3S. The molecule has 0 aromatic heterocycles. The van der Waals surface area contributed by atoms with Crippen molar-refractivity contribution in [3.8, 4) is 5.75 Å². The fourth-order valence-electron chi connectivity index (χ4n) is 3.25. The van der Waals surface area contributed by atoms with Crippen LogP contribution < -0.4 is 4.74 Å². The summed E-state index contributed by atoms with van der Waals surface area (Å²) in [5, 5.41) is 0. The molecular weight excluding hydrogens is 298 g/mol. The molecule has 5 heteroatoms. The Morgan fingerprint density at radius 1 is 1.32 bits per heavy atom. The van der Waals surface area contributed by atoms with E-state index in [-0.39, 0.29) is 16.7 Å². The lowest BCUT2D eigenvalue weighted by Crippen LogP contribution is -2.47. The van der Waals surface area contributed by atoms with Crippen LogP contribution in [0.15, 0.2) is 12.1 Å². The van der Waals surface area contributed by atoms with Gasteiger partial charge in [-0.2, -0.15) is 0 Å². The maximum Gasteiger partial charge on any atom is 0.335 e. The molecule has 4 nitrogen and oxygen atoms in total. The van der Waals surface area contributed by atoms with Crippen LogP contribution >= 0.6 is 11.8 Å². The van der Waals surface area contributed by atoms with E-state index in [1.165, 1.54) is 0 Å². The van der Waals surface area contributed by atoms with Gasteiger partial charge in [-0.1, -0.05) is 12.1 Å². The monoisotopic (exact) mass is 319 g/mol. The fraction of sp³-hybridized carbons (Fsp3) is 0.529. The van der Waals surface area contributed by atoms with E-state index in [1.54, 1.807) is 16.7 Å². The van der Waals surface area contributed by atoms with Crippen LogP contribution in [0.1, 0.15) is 36.5 Å². The average Bonchev–Trinajstić information content (AvgIpc) is 2.96. The van der Waals surface area contributed by atoms with Gasteiger partial charge in [-0.05, 0) is 50.8 Å². The minimum Gasteiger partial charge on any atom is -0.424 e. The van der Waals surface area contributed by atoms with Crippen LogP contribution in [0.2, 0.25) is 0 Å². The number of aryl methyl sites for hydroxylation is 2. The largest absolute Gasteiger partial charge is 0.424 e. The zero-order valence-electron chi connectivity index (χ0n) is 13.4. The molecule has 0 radical (unpaired) electrons. The summed E-state index contributed by atoms with van der Waals surface area (Å²) in [5.74, 6) is 0.996. The highest BCUT2D eigenvalue weighted by atomic mass is 32.2. The van der Waals surface area contributed by atoms with Crippen molar-refractivity contribution < 1.29 is 14.3 Å². The Hall–Kier alpha value is -1.49. The van der Waals surface area contributed by atoms with Crippen molar-refractivity contribution >= 4 is 23.6 Å². The standard InChI is InChI=1S/C17H21NO3S/c1-10-5-6-11(2)15(12(10)3)21-16(20)13-9-22-17(4)8-7-14(19)18(13)17/h5-6,13H,7-9H2,1-4H3/t13-,17-/m1/s1. The lowest BCUT2D eigenvalue weighted by atomic mass is 10.1. The minimum atomic E-state index is -0.468. The number of fused-ring (bicyclic) bond motifs is 1. The van der Waals surface area contributed by atoms with Gasteiger partial charge >= 0.3 is 5.97 Å². The Balaban J connectivity index is 1.84. The predicted molar refractivity (Wildman–Crippen MR) is 87.0 cm³/mol. The summed E-state index contributed by atoms with van der Waals surface area (Å²) in [6.07, 6.45) is 1.33. The molecule has 2 aliphatic heterocycles. The van der Waals surface area contributed by atoms with Crippen molar-refractivity contribution in [2.75, 3.05) is 5.75 Å². The third kappa shape index (κ3) is 2.32. The molecule has 0 spiro atoms. The molecule has 0 aliphatic carbocycles. The summed E-state index contributed by atoms with van der Waals surface area (Å²) in [4.78, 5) is 26.3. The maximum absolute atomic E-state index is 12.6. The van der Waals surface area contributed by atoms with Gasteiger partial charge in [0.2, 0.25) is 5.91 Å². The van der Waals surface area contributed by atoms with Crippen molar-refractivity contribution in [1.29, 1.82) is 0 Å².